The summed E-state index contributed by atoms with van der Waals surface area (Å²) in [7, 11) is 0. The SMILES string of the molecule is CC/C=C\C/C=C\C/C=C\C/C=C\CCCCC(=O)NC(COC1OC(CO)C(OC2OC(CO)C(OC3OC(CO)C(O)C(O)C3O)C(O)C2O)C(O)C1O)C(O)/C=C/CCCCCCCCCCCCCCCCCCCCCCCCCCCCCC. The lowest BCUT2D eigenvalue weighted by Crippen LogP contribution is -2.66. The first-order chi connectivity index (χ1) is 43.8. The highest BCUT2D eigenvalue weighted by molar-refractivity contribution is 5.76. The molecule has 3 heterocycles. The Bertz CT molecular complexity index is 1870. The van der Waals surface area contributed by atoms with Crippen LogP contribution in [-0.4, -0.2) is 193 Å². The van der Waals surface area contributed by atoms with Gasteiger partial charge in [-0.25, -0.2) is 0 Å². The summed E-state index contributed by atoms with van der Waals surface area (Å²) in [5.74, 6) is -0.316. The average Bonchev–Trinajstić information content (AvgIpc) is 0.866. The zero-order valence-electron chi connectivity index (χ0n) is 55.4. The van der Waals surface area contributed by atoms with Crippen molar-refractivity contribution >= 4 is 5.91 Å². The number of rotatable bonds is 54. The molecule has 19 heteroatoms. The molecule has 12 N–H and O–H groups in total. The molecule has 3 saturated heterocycles. The van der Waals surface area contributed by atoms with E-state index in [2.05, 4.69) is 67.8 Å². The first-order valence-electron chi connectivity index (χ1n) is 35.5. The lowest BCUT2D eigenvalue weighted by atomic mass is 9.96. The van der Waals surface area contributed by atoms with Crippen molar-refractivity contribution in [2.45, 2.75) is 356 Å². The molecule has 3 aliphatic rings. The highest BCUT2D eigenvalue weighted by atomic mass is 16.8. The van der Waals surface area contributed by atoms with Gasteiger partial charge in [0.1, 0.15) is 73.2 Å². The molecule has 0 saturated carbocycles. The maximum Gasteiger partial charge on any atom is 0.220 e. The maximum atomic E-state index is 13.4. The predicted molar refractivity (Wildman–Crippen MR) is 351 cm³/mol. The van der Waals surface area contributed by atoms with E-state index in [1.807, 2.05) is 6.08 Å². The molecule has 524 valence electrons. The van der Waals surface area contributed by atoms with Gasteiger partial charge in [0.15, 0.2) is 18.9 Å². The molecular formula is C71H127NO18. The van der Waals surface area contributed by atoms with E-state index in [0.717, 1.165) is 64.2 Å². The summed E-state index contributed by atoms with van der Waals surface area (Å²) in [6, 6.07) is -0.998. The Labute approximate surface area is 541 Å². The Morgan fingerprint density at radius 3 is 1.20 bits per heavy atom. The molecule has 1 amide bonds. The molecule has 0 radical (unpaired) electrons. The Kier molecular flexibility index (Phi) is 47.9. The van der Waals surface area contributed by atoms with Crippen molar-refractivity contribution in [2.24, 2.45) is 0 Å². The number of unbranched alkanes of at least 4 members (excludes halogenated alkanes) is 30. The van der Waals surface area contributed by atoms with Gasteiger partial charge in [0.2, 0.25) is 5.91 Å². The van der Waals surface area contributed by atoms with Crippen LogP contribution >= 0.6 is 0 Å². The van der Waals surface area contributed by atoms with E-state index in [9.17, 15) is 61.0 Å². The van der Waals surface area contributed by atoms with Crippen molar-refractivity contribution in [1.29, 1.82) is 0 Å². The van der Waals surface area contributed by atoms with Gasteiger partial charge in [-0.2, -0.15) is 0 Å². The van der Waals surface area contributed by atoms with Crippen LogP contribution in [0.15, 0.2) is 60.8 Å². The number of carbonyl (C=O) groups is 1. The normalized spacial score (nSPS) is 28.4. The van der Waals surface area contributed by atoms with Crippen LogP contribution in [-0.2, 0) is 33.2 Å². The van der Waals surface area contributed by atoms with E-state index < -0.39 is 124 Å². The van der Waals surface area contributed by atoms with Gasteiger partial charge in [-0.05, 0) is 57.8 Å². The lowest BCUT2D eigenvalue weighted by Gasteiger charge is -2.48. The summed E-state index contributed by atoms with van der Waals surface area (Å²) in [5.41, 5.74) is 0. The second kappa shape index (κ2) is 52.7. The minimum Gasteiger partial charge on any atom is -0.394 e. The molecular weight excluding hydrogens is 1150 g/mol. The monoisotopic (exact) mass is 1280 g/mol. The average molecular weight is 1280 g/mol. The maximum absolute atomic E-state index is 13.4. The predicted octanol–water partition coefficient (Wildman–Crippen LogP) is 9.55. The summed E-state index contributed by atoms with van der Waals surface area (Å²) < 4.78 is 34.3. The Morgan fingerprint density at radius 2 is 0.767 bits per heavy atom. The van der Waals surface area contributed by atoms with Gasteiger partial charge in [0.25, 0.3) is 0 Å². The van der Waals surface area contributed by atoms with Gasteiger partial charge in [-0.15, -0.1) is 0 Å². The third-order valence-electron chi connectivity index (χ3n) is 17.6. The van der Waals surface area contributed by atoms with Crippen LogP contribution < -0.4 is 5.32 Å². The van der Waals surface area contributed by atoms with E-state index in [1.54, 1.807) is 6.08 Å². The second-order valence-electron chi connectivity index (χ2n) is 25.3. The van der Waals surface area contributed by atoms with Crippen molar-refractivity contribution in [2.75, 3.05) is 26.4 Å². The molecule has 3 aliphatic heterocycles. The van der Waals surface area contributed by atoms with Crippen LogP contribution in [0.4, 0.5) is 0 Å². The van der Waals surface area contributed by atoms with Gasteiger partial charge >= 0.3 is 0 Å². The molecule has 0 aromatic rings. The van der Waals surface area contributed by atoms with E-state index in [-0.39, 0.29) is 18.9 Å². The summed E-state index contributed by atoms with van der Waals surface area (Å²) >= 11 is 0. The Balaban J connectivity index is 1.41. The van der Waals surface area contributed by atoms with Crippen molar-refractivity contribution in [3.63, 3.8) is 0 Å². The Morgan fingerprint density at radius 1 is 0.411 bits per heavy atom. The molecule has 0 aromatic carbocycles. The van der Waals surface area contributed by atoms with Gasteiger partial charge in [-0.1, -0.05) is 248 Å². The van der Waals surface area contributed by atoms with Crippen LogP contribution in [0.2, 0.25) is 0 Å². The minimum absolute atomic E-state index is 0.189. The zero-order chi connectivity index (χ0) is 65.4. The number of allylic oxidation sites excluding steroid dienone is 9. The molecule has 90 heavy (non-hydrogen) atoms. The molecule has 0 aliphatic carbocycles. The number of hydrogen-bond acceptors (Lipinski definition) is 18. The minimum atomic E-state index is -1.98. The molecule has 3 fully saturated rings. The van der Waals surface area contributed by atoms with Gasteiger partial charge in [0.05, 0.1) is 38.6 Å². The van der Waals surface area contributed by atoms with Gasteiger partial charge < -0.3 is 89.9 Å². The van der Waals surface area contributed by atoms with Gasteiger partial charge in [-0.3, -0.25) is 4.79 Å². The smallest absolute Gasteiger partial charge is 0.220 e. The third kappa shape index (κ3) is 34.2. The zero-order valence-corrected chi connectivity index (χ0v) is 55.4. The molecule has 19 nitrogen and oxygen atoms in total. The quantitative estimate of drug-likeness (QED) is 0.0199. The van der Waals surface area contributed by atoms with Crippen molar-refractivity contribution in [3.8, 4) is 0 Å². The molecule has 3 rings (SSSR count). The highest BCUT2D eigenvalue weighted by Crippen LogP contribution is 2.33. The largest absolute Gasteiger partial charge is 0.394 e. The number of aliphatic hydroxyl groups excluding tert-OH is 11. The number of hydrogen-bond donors (Lipinski definition) is 12. The fourth-order valence-electron chi connectivity index (χ4n) is 11.8. The third-order valence-corrected chi connectivity index (χ3v) is 17.6. The van der Waals surface area contributed by atoms with Crippen molar-refractivity contribution in [3.05, 3.63) is 60.8 Å². The first-order valence-corrected chi connectivity index (χ1v) is 35.5. The first kappa shape index (κ1) is 81.7. The molecule has 0 bridgehead atoms. The van der Waals surface area contributed by atoms with Crippen LogP contribution in [0.3, 0.4) is 0 Å². The van der Waals surface area contributed by atoms with Crippen LogP contribution in [0.5, 0.6) is 0 Å². The van der Waals surface area contributed by atoms with E-state index in [1.165, 1.54) is 161 Å². The number of carbonyl (C=O) groups excluding carboxylic acids is 1. The van der Waals surface area contributed by atoms with Crippen molar-refractivity contribution in [1.82, 2.24) is 5.32 Å². The molecule has 17 atom stereocenters. The summed E-state index contributed by atoms with van der Waals surface area (Å²) in [6.07, 6.45) is 38.0. The second-order valence-corrected chi connectivity index (χ2v) is 25.3. The number of amides is 1. The Hall–Kier alpha value is -2.51. The van der Waals surface area contributed by atoms with E-state index in [0.29, 0.717) is 6.42 Å². The van der Waals surface area contributed by atoms with Crippen LogP contribution in [0.25, 0.3) is 0 Å². The molecule has 17 unspecified atom stereocenters. The number of aliphatic hydroxyl groups is 11. The number of ether oxygens (including phenoxy) is 6. The summed E-state index contributed by atoms with van der Waals surface area (Å²) in [6.45, 7) is 1.59. The number of nitrogens with one attached hydrogen (secondary N) is 1. The fraction of sp³-hybridized carbons (Fsp3) is 0.845. The standard InChI is InChI=1S/C71H127NO18/c1-3-5-7-9-11-13-15-17-19-20-21-22-23-24-25-26-27-28-29-30-31-32-33-35-36-38-40-42-44-46-48-55(76)54(72-59(77)49-47-45-43-41-39-37-34-18-16-14-12-10-8-6-4-2)53-85-69-65(83)62(80)67(57(51-74)87-69)90-71-66(84)63(81)68(58(52-75)88-71)89-70-64(82)61(79)60(78)56(50-73)86-70/h6,8,12,14,18,34,39,41,46,48,54-58,60-71,73-76,78-84H,3-5,7,9-11,13,15-17,19-33,35-38,40,42-45,47,49-53H2,1-2H3,(H,72,77)/b8-6-,14-12-,34-18-,41-39-,48-46+. The van der Waals surface area contributed by atoms with Crippen LogP contribution in [0, 0.1) is 0 Å². The van der Waals surface area contributed by atoms with Crippen molar-refractivity contribution < 1.29 is 89.4 Å². The highest BCUT2D eigenvalue weighted by Gasteiger charge is 2.53. The van der Waals surface area contributed by atoms with Crippen LogP contribution in [0.1, 0.15) is 251 Å². The lowest BCUT2D eigenvalue weighted by molar-refractivity contribution is -0.379. The van der Waals surface area contributed by atoms with Gasteiger partial charge in [0, 0.05) is 6.42 Å². The van der Waals surface area contributed by atoms with E-state index in [4.69, 9.17) is 28.4 Å². The summed E-state index contributed by atoms with van der Waals surface area (Å²) in [4.78, 5) is 13.4. The fourth-order valence-corrected chi connectivity index (χ4v) is 11.8. The molecule has 0 aromatic heterocycles. The topological polar surface area (TPSA) is 307 Å². The molecule has 0 spiro atoms. The summed E-state index contributed by atoms with van der Waals surface area (Å²) in [5, 5.41) is 120. The van der Waals surface area contributed by atoms with E-state index >= 15 is 0 Å².